The third kappa shape index (κ3) is 3.48. The highest BCUT2D eigenvalue weighted by atomic mass is 32.2. The van der Waals surface area contributed by atoms with Crippen molar-refractivity contribution in [1.29, 1.82) is 0 Å². The third-order valence-corrected chi connectivity index (χ3v) is 3.37. The number of H-pyrrole nitrogens is 1. The van der Waals surface area contributed by atoms with Crippen molar-refractivity contribution in [3.63, 3.8) is 0 Å². The quantitative estimate of drug-likeness (QED) is 0.589. The minimum Gasteiger partial charge on any atom is -0.508 e. The van der Waals surface area contributed by atoms with Gasteiger partial charge >= 0.3 is 10.1 Å². The first-order valence-electron chi connectivity index (χ1n) is 6.54. The number of nitrogens with zero attached hydrogens (tertiary/aromatic N) is 3. The number of nitrogens with one attached hydrogen (secondary N) is 2. The lowest BCUT2D eigenvalue weighted by atomic mass is 10.2. The fourth-order valence-electron chi connectivity index (χ4n) is 1.92. The summed E-state index contributed by atoms with van der Waals surface area (Å²) >= 11 is 0. The number of phenols is 1. The summed E-state index contributed by atoms with van der Waals surface area (Å²) in [5.74, 6) is 0.120. The smallest absolute Gasteiger partial charge is 0.307 e. The molecule has 0 unspecified atom stereocenters. The average molecular weight is 335 g/mol. The molecule has 2 heterocycles. The summed E-state index contributed by atoms with van der Waals surface area (Å²) in [6.45, 7) is 0.251. The number of rotatable bonds is 5. The van der Waals surface area contributed by atoms with Gasteiger partial charge in [0.2, 0.25) is 5.95 Å². The van der Waals surface area contributed by atoms with Crippen LogP contribution < -0.4 is 9.50 Å². The summed E-state index contributed by atoms with van der Waals surface area (Å²) in [5, 5.41) is 12.6. The molecule has 0 atom stereocenters. The Morgan fingerprint density at radius 1 is 1.30 bits per heavy atom. The molecule has 23 heavy (non-hydrogen) atoms. The highest BCUT2D eigenvalue weighted by molar-refractivity contribution is 7.86. The second-order valence-corrected chi connectivity index (χ2v) is 6.30. The van der Waals surface area contributed by atoms with E-state index in [9.17, 15) is 13.5 Å². The van der Waals surface area contributed by atoms with E-state index in [1.54, 1.807) is 24.3 Å². The molecular weight excluding hydrogens is 322 g/mol. The Hall–Kier alpha value is -2.88. The molecule has 1 aromatic carbocycles. The van der Waals surface area contributed by atoms with Crippen LogP contribution in [0.3, 0.4) is 0 Å². The first-order valence-corrected chi connectivity index (χ1v) is 8.35. The van der Waals surface area contributed by atoms with Gasteiger partial charge in [-0.25, -0.2) is 4.98 Å². The number of anilines is 1. The Bertz CT molecular complexity index is 954. The normalized spacial score (nSPS) is 11.5. The number of hydrogen-bond donors (Lipinski definition) is 3. The summed E-state index contributed by atoms with van der Waals surface area (Å²) in [7, 11) is -3.74. The molecule has 0 fully saturated rings. The molecule has 0 bridgehead atoms. The molecule has 120 valence electrons. The standard InChI is InChI=1S/C13H13N5O4S/c1-23(20,21)22-12-10-11(16-7-15-10)17-13(18-12)14-6-8-4-2-3-5-9(8)19/h2-5,7,19H,6H2,1H3,(H2,14,15,16,17,18). The molecule has 0 saturated carbocycles. The Balaban J connectivity index is 1.90. The van der Waals surface area contributed by atoms with Gasteiger partial charge in [-0.2, -0.15) is 18.4 Å². The van der Waals surface area contributed by atoms with Gasteiger partial charge in [-0.05, 0) is 6.07 Å². The van der Waals surface area contributed by atoms with Crippen LogP contribution in [0.1, 0.15) is 5.56 Å². The maximum Gasteiger partial charge on any atom is 0.307 e. The van der Waals surface area contributed by atoms with E-state index in [0.29, 0.717) is 5.56 Å². The minimum atomic E-state index is -3.74. The number of imidazole rings is 1. The molecule has 10 heteroatoms. The molecule has 0 spiro atoms. The summed E-state index contributed by atoms with van der Waals surface area (Å²) in [6.07, 6.45) is 2.29. The van der Waals surface area contributed by atoms with E-state index < -0.39 is 10.1 Å². The minimum absolute atomic E-state index is 0.131. The van der Waals surface area contributed by atoms with Crippen LogP contribution in [0, 0.1) is 0 Å². The fraction of sp³-hybridized carbons (Fsp3) is 0.154. The fourth-order valence-corrected chi connectivity index (χ4v) is 2.33. The van der Waals surface area contributed by atoms with Crippen molar-refractivity contribution >= 4 is 27.2 Å². The highest BCUT2D eigenvalue weighted by Crippen LogP contribution is 2.23. The molecule has 0 aliphatic carbocycles. The predicted molar refractivity (Wildman–Crippen MR) is 82.6 cm³/mol. The highest BCUT2D eigenvalue weighted by Gasteiger charge is 2.15. The molecule has 3 N–H and O–H groups in total. The van der Waals surface area contributed by atoms with Crippen molar-refractivity contribution in [2.24, 2.45) is 0 Å². The van der Waals surface area contributed by atoms with E-state index in [4.69, 9.17) is 4.18 Å². The van der Waals surface area contributed by atoms with Crippen molar-refractivity contribution in [3.8, 4) is 11.6 Å². The van der Waals surface area contributed by atoms with Crippen molar-refractivity contribution in [2.45, 2.75) is 6.54 Å². The average Bonchev–Trinajstić information content (AvgIpc) is 2.93. The number of aromatic nitrogens is 4. The molecule has 0 amide bonds. The van der Waals surface area contributed by atoms with E-state index in [1.165, 1.54) is 6.33 Å². The monoisotopic (exact) mass is 335 g/mol. The number of phenolic OH excluding ortho intramolecular Hbond substituents is 1. The Labute approximate surface area is 131 Å². The Morgan fingerprint density at radius 2 is 2.09 bits per heavy atom. The maximum atomic E-state index is 11.3. The van der Waals surface area contributed by atoms with Gasteiger partial charge in [-0.15, -0.1) is 0 Å². The van der Waals surface area contributed by atoms with Gasteiger partial charge in [-0.1, -0.05) is 18.2 Å². The molecule has 3 rings (SSSR count). The number of hydrogen-bond acceptors (Lipinski definition) is 8. The largest absolute Gasteiger partial charge is 0.508 e. The summed E-state index contributed by atoms with van der Waals surface area (Å²) in [6, 6.07) is 6.80. The number of fused-ring (bicyclic) bond motifs is 1. The molecular formula is C13H13N5O4S. The van der Waals surface area contributed by atoms with Gasteiger partial charge < -0.3 is 19.6 Å². The Kier molecular flexibility index (Phi) is 3.74. The zero-order valence-electron chi connectivity index (χ0n) is 12.0. The van der Waals surface area contributed by atoms with Crippen LogP contribution in [0.15, 0.2) is 30.6 Å². The van der Waals surface area contributed by atoms with Crippen molar-refractivity contribution in [1.82, 2.24) is 19.9 Å². The van der Waals surface area contributed by atoms with Crippen LogP contribution in [0.2, 0.25) is 0 Å². The molecule has 0 radical (unpaired) electrons. The van der Waals surface area contributed by atoms with Crippen molar-refractivity contribution in [3.05, 3.63) is 36.2 Å². The van der Waals surface area contributed by atoms with Gasteiger partial charge in [0.25, 0.3) is 5.88 Å². The predicted octanol–water partition coefficient (Wildman–Crippen LogP) is 1.01. The van der Waals surface area contributed by atoms with E-state index >= 15 is 0 Å². The van der Waals surface area contributed by atoms with Crippen molar-refractivity contribution < 1.29 is 17.7 Å². The molecule has 9 nitrogen and oxygen atoms in total. The van der Waals surface area contributed by atoms with Crippen LogP contribution in [0.4, 0.5) is 5.95 Å². The van der Waals surface area contributed by atoms with E-state index in [1.807, 2.05) is 0 Å². The van der Waals surface area contributed by atoms with Gasteiger partial charge in [0.1, 0.15) is 11.3 Å². The maximum absolute atomic E-state index is 11.3. The lowest BCUT2D eigenvalue weighted by molar-refractivity contribution is 0.469. The number of para-hydroxylation sites is 1. The van der Waals surface area contributed by atoms with Gasteiger partial charge in [0.05, 0.1) is 12.6 Å². The lowest BCUT2D eigenvalue weighted by Crippen LogP contribution is -2.10. The lowest BCUT2D eigenvalue weighted by Gasteiger charge is -2.08. The van der Waals surface area contributed by atoms with Crippen LogP contribution in [-0.2, 0) is 16.7 Å². The first-order chi connectivity index (χ1) is 10.9. The Morgan fingerprint density at radius 3 is 2.83 bits per heavy atom. The first kappa shape index (κ1) is 15.0. The van der Waals surface area contributed by atoms with E-state index in [-0.39, 0.29) is 35.3 Å². The molecule has 2 aromatic heterocycles. The summed E-state index contributed by atoms with van der Waals surface area (Å²) in [5.41, 5.74) is 1.19. The van der Waals surface area contributed by atoms with Gasteiger partial charge in [0, 0.05) is 12.1 Å². The van der Waals surface area contributed by atoms with Gasteiger partial charge in [0.15, 0.2) is 5.65 Å². The van der Waals surface area contributed by atoms with E-state index in [0.717, 1.165) is 6.26 Å². The number of benzene rings is 1. The number of aromatic hydroxyl groups is 1. The molecule has 0 saturated heterocycles. The molecule has 0 aliphatic heterocycles. The topological polar surface area (TPSA) is 130 Å². The molecule has 3 aromatic rings. The summed E-state index contributed by atoms with van der Waals surface area (Å²) < 4.78 is 27.5. The number of aromatic amines is 1. The second kappa shape index (κ2) is 5.72. The molecule has 0 aliphatic rings. The van der Waals surface area contributed by atoms with Crippen LogP contribution in [0.5, 0.6) is 11.6 Å². The summed E-state index contributed by atoms with van der Waals surface area (Å²) in [4.78, 5) is 14.9. The SMILES string of the molecule is CS(=O)(=O)Oc1nc(NCc2ccccc2O)nc2nc[nH]c12. The van der Waals surface area contributed by atoms with Crippen LogP contribution in [0.25, 0.3) is 11.2 Å². The zero-order valence-corrected chi connectivity index (χ0v) is 12.8. The van der Waals surface area contributed by atoms with Crippen LogP contribution >= 0.6 is 0 Å². The van der Waals surface area contributed by atoms with E-state index in [2.05, 4.69) is 25.3 Å². The van der Waals surface area contributed by atoms with Crippen molar-refractivity contribution in [2.75, 3.05) is 11.6 Å². The van der Waals surface area contributed by atoms with Crippen LogP contribution in [-0.4, -0.2) is 39.7 Å². The second-order valence-electron chi connectivity index (χ2n) is 4.72. The zero-order chi connectivity index (χ0) is 16.4. The third-order valence-electron chi connectivity index (χ3n) is 2.91. The van der Waals surface area contributed by atoms with Gasteiger partial charge in [-0.3, -0.25) is 0 Å².